The quantitative estimate of drug-likeness (QED) is 0.624. The number of nitrogens with zero attached hydrogens (tertiary/aromatic N) is 1. The first kappa shape index (κ1) is 14.7. The van der Waals surface area contributed by atoms with E-state index in [1.54, 1.807) is 13.8 Å². The molecule has 0 bridgehead atoms. The molecule has 7 heteroatoms. The maximum Gasteiger partial charge on any atom is 0.475 e. The first-order valence-electron chi connectivity index (χ1n) is 6.19. The van der Waals surface area contributed by atoms with Gasteiger partial charge in [-0.05, 0) is 45.4 Å². The SMILES string of the molecule is CC(C)(N)C(=O)NCC1CCC(O[N+](=O)O)CC1. The Morgan fingerprint density at radius 2 is 2.00 bits per heavy atom. The minimum absolute atomic E-state index is 0.165. The molecule has 0 heterocycles. The minimum atomic E-state index is -0.861. The molecule has 7 nitrogen and oxygen atoms in total. The molecule has 1 rings (SSSR count). The lowest BCUT2D eigenvalue weighted by molar-refractivity contribution is -0.982. The summed E-state index contributed by atoms with van der Waals surface area (Å²) >= 11 is 0. The maximum atomic E-state index is 11.6. The van der Waals surface area contributed by atoms with Crippen molar-refractivity contribution >= 4 is 5.91 Å². The Morgan fingerprint density at radius 3 is 2.44 bits per heavy atom. The third-order valence-corrected chi connectivity index (χ3v) is 3.17. The summed E-state index contributed by atoms with van der Waals surface area (Å²) in [6.45, 7) is 3.92. The Balaban J connectivity index is 2.24. The van der Waals surface area contributed by atoms with Crippen molar-refractivity contribution in [2.75, 3.05) is 6.54 Å². The van der Waals surface area contributed by atoms with Gasteiger partial charge in [-0.25, -0.2) is 5.21 Å². The Bertz CT molecular complexity index is 306. The van der Waals surface area contributed by atoms with Gasteiger partial charge in [-0.15, -0.1) is 0 Å². The standard InChI is InChI=1S/C11H21N3O4/c1-11(2,12)10(15)13-7-8-3-5-9(6-4-8)18-14(16)17/h8-9H,3-7,12H2,1-2H3,(H-,13,15,16,17)/p+1. The maximum absolute atomic E-state index is 11.6. The molecule has 1 aliphatic rings. The predicted octanol–water partition coefficient (Wildman–Crippen LogP) is 0.498. The van der Waals surface area contributed by atoms with E-state index in [0.29, 0.717) is 25.3 Å². The van der Waals surface area contributed by atoms with Crippen LogP contribution in [0.3, 0.4) is 0 Å². The zero-order valence-corrected chi connectivity index (χ0v) is 10.9. The lowest BCUT2D eigenvalue weighted by Gasteiger charge is -2.26. The van der Waals surface area contributed by atoms with E-state index in [2.05, 4.69) is 10.2 Å². The van der Waals surface area contributed by atoms with Gasteiger partial charge in [-0.3, -0.25) is 4.79 Å². The van der Waals surface area contributed by atoms with Gasteiger partial charge in [0.1, 0.15) is 4.91 Å². The highest BCUT2D eigenvalue weighted by Crippen LogP contribution is 2.25. The van der Waals surface area contributed by atoms with Gasteiger partial charge in [0.05, 0.1) is 5.54 Å². The van der Waals surface area contributed by atoms with E-state index in [1.165, 1.54) is 0 Å². The van der Waals surface area contributed by atoms with Gasteiger partial charge in [0.25, 0.3) is 0 Å². The topological polar surface area (TPSA) is 105 Å². The van der Waals surface area contributed by atoms with Crippen LogP contribution in [-0.4, -0.2) is 34.4 Å². The third kappa shape index (κ3) is 4.87. The predicted molar refractivity (Wildman–Crippen MR) is 63.5 cm³/mol. The van der Waals surface area contributed by atoms with Crippen molar-refractivity contribution in [1.29, 1.82) is 0 Å². The number of carbonyl (C=O) groups excluding carboxylic acids is 1. The monoisotopic (exact) mass is 260 g/mol. The average molecular weight is 260 g/mol. The Kier molecular flexibility index (Phi) is 4.89. The van der Waals surface area contributed by atoms with Crippen molar-refractivity contribution in [2.24, 2.45) is 11.7 Å². The first-order chi connectivity index (χ1) is 8.29. The van der Waals surface area contributed by atoms with Crippen molar-refractivity contribution < 1.29 is 19.9 Å². The van der Waals surface area contributed by atoms with Crippen molar-refractivity contribution in [3.05, 3.63) is 4.91 Å². The summed E-state index contributed by atoms with van der Waals surface area (Å²) in [5.41, 5.74) is 4.81. The average Bonchev–Trinajstić information content (AvgIpc) is 2.25. The summed E-state index contributed by atoms with van der Waals surface area (Å²) in [5.74, 6) is 0.205. The number of hydrogen-bond acceptors (Lipinski definition) is 4. The van der Waals surface area contributed by atoms with Crippen molar-refractivity contribution in [3.63, 3.8) is 0 Å². The molecule has 0 aromatic heterocycles. The molecule has 0 spiro atoms. The van der Waals surface area contributed by atoms with Gasteiger partial charge < -0.3 is 11.1 Å². The Hall–Kier alpha value is -1.37. The second-order valence-electron chi connectivity index (χ2n) is 5.42. The Morgan fingerprint density at radius 1 is 1.44 bits per heavy atom. The fourth-order valence-corrected chi connectivity index (χ4v) is 2.03. The van der Waals surface area contributed by atoms with Crippen LogP contribution in [-0.2, 0) is 9.63 Å². The number of hydrogen-bond donors (Lipinski definition) is 3. The third-order valence-electron chi connectivity index (χ3n) is 3.17. The molecule has 0 unspecified atom stereocenters. The van der Waals surface area contributed by atoms with Crippen molar-refractivity contribution in [1.82, 2.24) is 5.32 Å². The smallest absolute Gasteiger partial charge is 0.354 e. The number of nitrogens with two attached hydrogens (primary N) is 1. The lowest BCUT2D eigenvalue weighted by atomic mass is 9.87. The van der Waals surface area contributed by atoms with Crippen molar-refractivity contribution in [2.45, 2.75) is 51.2 Å². The lowest BCUT2D eigenvalue weighted by Crippen LogP contribution is -2.50. The molecule has 18 heavy (non-hydrogen) atoms. The van der Waals surface area contributed by atoms with Gasteiger partial charge in [-0.2, -0.15) is 4.84 Å². The molecule has 1 amide bonds. The van der Waals surface area contributed by atoms with E-state index in [-0.39, 0.29) is 12.0 Å². The number of nitrogens with one attached hydrogen (secondary N) is 1. The van der Waals surface area contributed by atoms with E-state index in [9.17, 15) is 9.70 Å². The van der Waals surface area contributed by atoms with Gasteiger partial charge in [0.15, 0.2) is 6.10 Å². The molecule has 4 N–H and O–H groups in total. The van der Waals surface area contributed by atoms with Crippen LogP contribution in [0.2, 0.25) is 0 Å². The number of carbonyl (C=O) groups is 1. The summed E-state index contributed by atoms with van der Waals surface area (Å²) in [6, 6.07) is 0. The number of amides is 1. The number of rotatable bonds is 5. The fraction of sp³-hybridized carbons (Fsp3) is 0.909. The second-order valence-corrected chi connectivity index (χ2v) is 5.42. The highest BCUT2D eigenvalue weighted by atomic mass is 17.0. The van der Waals surface area contributed by atoms with Gasteiger partial charge in [-0.1, -0.05) is 0 Å². The molecule has 0 aromatic rings. The summed E-state index contributed by atoms with van der Waals surface area (Å²) in [5, 5.41) is 10.8. The largest absolute Gasteiger partial charge is 0.475 e. The zero-order chi connectivity index (χ0) is 13.8. The van der Waals surface area contributed by atoms with Gasteiger partial charge >= 0.3 is 5.09 Å². The van der Waals surface area contributed by atoms with Gasteiger partial charge in [0, 0.05) is 6.54 Å². The summed E-state index contributed by atoms with van der Waals surface area (Å²) in [7, 11) is 0. The molecule has 1 aliphatic carbocycles. The van der Waals surface area contributed by atoms with E-state index in [1.807, 2.05) is 0 Å². The van der Waals surface area contributed by atoms with E-state index >= 15 is 0 Å². The summed E-state index contributed by atoms with van der Waals surface area (Å²) in [4.78, 5) is 26.5. The summed E-state index contributed by atoms with van der Waals surface area (Å²) in [6.07, 6.45) is 2.87. The molecule has 0 aliphatic heterocycles. The second kappa shape index (κ2) is 5.99. The molecule has 0 aromatic carbocycles. The fourth-order valence-electron chi connectivity index (χ4n) is 2.03. The molecule has 0 radical (unpaired) electrons. The zero-order valence-electron chi connectivity index (χ0n) is 10.9. The molecule has 0 saturated heterocycles. The first-order valence-corrected chi connectivity index (χ1v) is 6.19. The van der Waals surface area contributed by atoms with E-state index in [0.717, 1.165) is 12.8 Å². The molecule has 0 atom stereocenters. The van der Waals surface area contributed by atoms with Gasteiger partial charge in [0.2, 0.25) is 5.91 Å². The minimum Gasteiger partial charge on any atom is -0.354 e. The van der Waals surface area contributed by atoms with Crippen LogP contribution < -0.4 is 11.1 Å². The highest BCUT2D eigenvalue weighted by Gasteiger charge is 2.28. The summed E-state index contributed by atoms with van der Waals surface area (Å²) < 4.78 is 0. The van der Waals surface area contributed by atoms with Crippen LogP contribution in [0.25, 0.3) is 0 Å². The van der Waals surface area contributed by atoms with Crippen LogP contribution in [0.4, 0.5) is 0 Å². The van der Waals surface area contributed by atoms with Crippen LogP contribution >= 0.6 is 0 Å². The van der Waals surface area contributed by atoms with Crippen LogP contribution in [0.15, 0.2) is 0 Å². The van der Waals surface area contributed by atoms with Crippen LogP contribution in [0.5, 0.6) is 0 Å². The highest BCUT2D eigenvalue weighted by molar-refractivity contribution is 5.84. The molecule has 104 valence electrons. The van der Waals surface area contributed by atoms with E-state index in [4.69, 9.17) is 10.9 Å². The molecule has 1 saturated carbocycles. The molecule has 1 fully saturated rings. The van der Waals surface area contributed by atoms with Crippen LogP contribution in [0.1, 0.15) is 39.5 Å². The Labute approximate surface area is 106 Å². The normalized spacial score (nSPS) is 24.4. The molecular formula is C11H22N3O4+. The molecular weight excluding hydrogens is 238 g/mol. The van der Waals surface area contributed by atoms with Crippen molar-refractivity contribution in [3.8, 4) is 0 Å². The van der Waals surface area contributed by atoms with E-state index < -0.39 is 10.6 Å². The van der Waals surface area contributed by atoms with Crippen LogP contribution in [0, 0.1) is 10.8 Å².